The van der Waals surface area contributed by atoms with Crippen LogP contribution < -0.4 is 0 Å². The highest BCUT2D eigenvalue weighted by Gasteiger charge is 2.13. The Labute approximate surface area is 161 Å². The van der Waals surface area contributed by atoms with Gasteiger partial charge >= 0.3 is 11.9 Å². The van der Waals surface area contributed by atoms with Gasteiger partial charge in [0.1, 0.15) is 0 Å². The van der Waals surface area contributed by atoms with Crippen LogP contribution in [-0.2, 0) is 0 Å². The van der Waals surface area contributed by atoms with Crippen molar-refractivity contribution in [2.45, 2.75) is 6.92 Å². The van der Waals surface area contributed by atoms with Gasteiger partial charge in [-0.3, -0.25) is 0 Å². The molecule has 1 aromatic heterocycles. The van der Waals surface area contributed by atoms with E-state index in [2.05, 4.69) is 5.10 Å². The summed E-state index contributed by atoms with van der Waals surface area (Å²) < 4.78 is 1.83. The van der Waals surface area contributed by atoms with Crippen LogP contribution in [0, 0.1) is 29.6 Å². The van der Waals surface area contributed by atoms with Crippen LogP contribution >= 0.6 is 0 Å². The van der Waals surface area contributed by atoms with Gasteiger partial charge in [-0.25, -0.2) is 14.3 Å². The van der Waals surface area contributed by atoms with Gasteiger partial charge in [0.15, 0.2) is 12.1 Å². The molecule has 8 heteroatoms. The molecule has 3 aromatic rings. The molecule has 1 heterocycles. The molecule has 0 amide bonds. The zero-order valence-electron chi connectivity index (χ0n) is 14.9. The third kappa shape index (κ3) is 6.47. The van der Waals surface area contributed by atoms with Crippen LogP contribution in [0.25, 0.3) is 5.69 Å². The lowest BCUT2D eigenvalue weighted by molar-refractivity contribution is 0.0696. The van der Waals surface area contributed by atoms with Gasteiger partial charge in [0.25, 0.3) is 0 Å². The van der Waals surface area contributed by atoms with Gasteiger partial charge in [-0.2, -0.15) is 15.6 Å². The van der Waals surface area contributed by atoms with Crippen LogP contribution in [0.5, 0.6) is 0 Å². The van der Waals surface area contributed by atoms with Crippen LogP contribution in [0.2, 0.25) is 0 Å². The van der Waals surface area contributed by atoms with Crippen molar-refractivity contribution in [2.24, 2.45) is 0 Å². The van der Waals surface area contributed by atoms with Crippen molar-refractivity contribution in [1.82, 2.24) is 9.78 Å². The second kappa shape index (κ2) is 11.2. The Kier molecular flexibility index (Phi) is 8.67. The first-order valence-electron chi connectivity index (χ1n) is 7.81. The highest BCUT2D eigenvalue weighted by atomic mass is 16.4. The van der Waals surface area contributed by atoms with E-state index < -0.39 is 11.9 Å². The number of hydrogen-bond acceptors (Lipinski definition) is 5. The lowest BCUT2D eigenvalue weighted by Gasteiger charge is -2.03. The summed E-state index contributed by atoms with van der Waals surface area (Å²) in [5.74, 6) is -2.22. The number of benzene rings is 2. The summed E-state index contributed by atoms with van der Waals surface area (Å²) in [5, 5.41) is 36.0. The molecule has 3 rings (SSSR count). The zero-order valence-corrected chi connectivity index (χ0v) is 14.9. The Bertz CT molecular complexity index is 957. The topological polar surface area (TPSA) is 140 Å². The Morgan fingerprint density at radius 3 is 1.82 bits per heavy atom. The quantitative estimate of drug-likeness (QED) is 0.714. The molecule has 0 bridgehead atoms. The monoisotopic (exact) mass is 376 g/mol. The third-order valence-corrected chi connectivity index (χ3v) is 3.37. The summed E-state index contributed by atoms with van der Waals surface area (Å²) in [6.45, 7) is 1.48. The van der Waals surface area contributed by atoms with E-state index in [0.29, 0.717) is 0 Å². The summed E-state index contributed by atoms with van der Waals surface area (Å²) in [6, 6.07) is 18.6. The number of nitriles is 2. The van der Waals surface area contributed by atoms with Crippen molar-refractivity contribution in [3.05, 3.63) is 83.7 Å². The summed E-state index contributed by atoms with van der Waals surface area (Å²) in [5.41, 5.74) is 1.43. The van der Waals surface area contributed by atoms with Crippen molar-refractivity contribution in [2.75, 3.05) is 0 Å². The van der Waals surface area contributed by atoms with E-state index in [-0.39, 0.29) is 16.7 Å². The van der Waals surface area contributed by atoms with Gasteiger partial charge in [-0.15, -0.1) is 0 Å². The lowest BCUT2D eigenvalue weighted by atomic mass is 10.0. The minimum Gasteiger partial charge on any atom is -0.478 e. The molecule has 140 valence electrons. The Morgan fingerprint density at radius 2 is 1.43 bits per heavy atom. The van der Waals surface area contributed by atoms with Crippen LogP contribution in [0.15, 0.2) is 67.0 Å². The van der Waals surface area contributed by atoms with E-state index in [1.165, 1.54) is 37.3 Å². The summed E-state index contributed by atoms with van der Waals surface area (Å²) in [6.07, 6.45) is 3.70. The average Bonchev–Trinajstić information content (AvgIpc) is 3.24. The molecule has 2 aromatic carbocycles. The maximum Gasteiger partial charge on any atom is 0.335 e. The van der Waals surface area contributed by atoms with Gasteiger partial charge in [0, 0.05) is 12.4 Å². The highest BCUT2D eigenvalue weighted by Crippen LogP contribution is 2.13. The molecule has 28 heavy (non-hydrogen) atoms. The number of carboxylic acids is 2. The number of hydrogen-bond donors (Lipinski definition) is 2. The fourth-order valence-electron chi connectivity index (χ4n) is 2.10. The largest absolute Gasteiger partial charge is 0.478 e. The molecule has 0 fully saturated rings. The normalized spacial score (nSPS) is 8.68. The van der Waals surface area contributed by atoms with Crippen LogP contribution in [-0.4, -0.2) is 31.9 Å². The highest BCUT2D eigenvalue weighted by molar-refractivity contribution is 5.96. The maximum absolute atomic E-state index is 10.6. The summed E-state index contributed by atoms with van der Waals surface area (Å²) in [7, 11) is 0. The molecule has 0 saturated heterocycles. The first kappa shape index (κ1) is 21.6. The Hall–Kier alpha value is -4.43. The van der Waals surface area contributed by atoms with Gasteiger partial charge in [-0.1, -0.05) is 24.3 Å². The molecular formula is C20H16N4O4. The van der Waals surface area contributed by atoms with E-state index >= 15 is 0 Å². The molecular weight excluding hydrogens is 360 g/mol. The zero-order chi connectivity index (χ0) is 20.9. The standard InChI is InChI=1S/C9H8N2.C9H8O4.C2N2/c1-2-5-9(6-3-1)11-8-4-7-10-11;1-5-6(8(10)11)3-2-4-7(5)9(12)13;3-1-2-4/h1-8H;2-4H,1H3,(H,10,11)(H,12,13);. The van der Waals surface area contributed by atoms with Crippen molar-refractivity contribution in [3.63, 3.8) is 0 Å². The second-order valence-electron chi connectivity index (χ2n) is 5.10. The smallest absolute Gasteiger partial charge is 0.335 e. The number of aromatic nitrogens is 2. The van der Waals surface area contributed by atoms with Crippen molar-refractivity contribution in [3.8, 4) is 17.8 Å². The number of nitrogens with zero attached hydrogens (tertiary/aromatic N) is 4. The molecule has 0 spiro atoms. The molecule has 0 radical (unpaired) electrons. The van der Waals surface area contributed by atoms with Crippen LogP contribution in [0.3, 0.4) is 0 Å². The first-order valence-corrected chi connectivity index (χ1v) is 7.81. The van der Waals surface area contributed by atoms with Gasteiger partial charge < -0.3 is 10.2 Å². The van der Waals surface area contributed by atoms with E-state index in [1.54, 1.807) is 6.20 Å². The maximum atomic E-state index is 10.6. The second-order valence-corrected chi connectivity index (χ2v) is 5.10. The van der Waals surface area contributed by atoms with Crippen molar-refractivity contribution < 1.29 is 19.8 Å². The predicted octanol–water partition coefficient (Wildman–Crippen LogP) is 3.30. The number of rotatable bonds is 3. The minimum absolute atomic E-state index is 0.0277. The van der Waals surface area contributed by atoms with Crippen LogP contribution in [0.1, 0.15) is 26.3 Å². The molecule has 0 aliphatic heterocycles. The molecule has 0 unspecified atom stereocenters. The Morgan fingerprint density at radius 1 is 0.893 bits per heavy atom. The number of carboxylic acid groups (broad SMARTS) is 2. The minimum atomic E-state index is -1.11. The molecule has 0 aliphatic rings. The predicted molar refractivity (Wildman–Crippen MR) is 99.9 cm³/mol. The van der Waals surface area contributed by atoms with Gasteiger partial charge in [0.2, 0.25) is 0 Å². The van der Waals surface area contributed by atoms with E-state index in [9.17, 15) is 9.59 Å². The molecule has 8 nitrogen and oxygen atoms in total. The Balaban J connectivity index is 0.000000238. The lowest BCUT2D eigenvalue weighted by Crippen LogP contribution is -2.06. The number of aromatic carboxylic acids is 2. The van der Waals surface area contributed by atoms with Gasteiger partial charge in [-0.05, 0) is 42.8 Å². The van der Waals surface area contributed by atoms with Crippen molar-refractivity contribution in [1.29, 1.82) is 10.5 Å². The van der Waals surface area contributed by atoms with Crippen LogP contribution in [0.4, 0.5) is 0 Å². The molecule has 2 N–H and O–H groups in total. The average molecular weight is 376 g/mol. The third-order valence-electron chi connectivity index (χ3n) is 3.37. The number of carbonyl (C=O) groups is 2. The fraction of sp³-hybridized carbons (Fsp3) is 0.0500. The fourth-order valence-corrected chi connectivity index (χ4v) is 2.10. The molecule has 0 saturated carbocycles. The van der Waals surface area contributed by atoms with Gasteiger partial charge in [0.05, 0.1) is 16.8 Å². The SMILES string of the molecule is Cc1c(C(=O)O)cccc1C(=O)O.N#CC#N.c1ccc(-n2cccn2)cc1. The van der Waals surface area contributed by atoms with E-state index in [0.717, 1.165) is 5.69 Å². The first-order chi connectivity index (χ1) is 13.4. The van der Waals surface area contributed by atoms with E-state index in [4.69, 9.17) is 20.7 Å². The van der Waals surface area contributed by atoms with E-state index in [1.807, 2.05) is 47.3 Å². The molecule has 0 aliphatic carbocycles. The van der Waals surface area contributed by atoms with Crippen molar-refractivity contribution >= 4 is 11.9 Å². The summed E-state index contributed by atoms with van der Waals surface area (Å²) >= 11 is 0. The number of para-hydroxylation sites is 1. The molecule has 0 atom stereocenters. The summed E-state index contributed by atoms with van der Waals surface area (Å²) in [4.78, 5) is 21.2.